The highest BCUT2D eigenvalue weighted by atomic mass is 16.3. The molecule has 1 saturated heterocycles. The van der Waals surface area contributed by atoms with Crippen molar-refractivity contribution in [2.45, 2.75) is 70.9 Å². The molecule has 7 atom stereocenters. The quantitative estimate of drug-likeness (QED) is 0.824. The molecule has 0 radical (unpaired) electrons. The van der Waals surface area contributed by atoms with E-state index in [9.17, 15) is 10.2 Å². The van der Waals surface area contributed by atoms with Crippen LogP contribution in [0.25, 0.3) is 0 Å². The second-order valence-corrected chi connectivity index (χ2v) is 9.12. The van der Waals surface area contributed by atoms with E-state index < -0.39 is 0 Å². The molecular weight excluding hydrogens is 274 g/mol. The lowest BCUT2D eigenvalue weighted by molar-refractivity contribution is -0.0980. The minimum atomic E-state index is -0.0570. The maximum Gasteiger partial charge on any atom is 0.0596 e. The van der Waals surface area contributed by atoms with E-state index in [1.807, 2.05) is 0 Å². The van der Waals surface area contributed by atoms with E-state index in [2.05, 4.69) is 18.7 Å². The van der Waals surface area contributed by atoms with Crippen LogP contribution in [-0.4, -0.2) is 47.0 Å². The molecule has 1 heterocycles. The lowest BCUT2D eigenvalue weighted by Crippen LogP contribution is -2.55. The molecule has 0 bridgehead atoms. The van der Waals surface area contributed by atoms with Gasteiger partial charge >= 0.3 is 0 Å². The van der Waals surface area contributed by atoms with Crippen molar-refractivity contribution < 1.29 is 10.2 Å². The molecule has 0 unspecified atom stereocenters. The van der Waals surface area contributed by atoms with Gasteiger partial charge in [0.25, 0.3) is 0 Å². The second-order valence-electron chi connectivity index (χ2n) is 9.12. The Kier molecular flexibility index (Phi) is 3.63. The Hall–Kier alpha value is -0.120. The molecule has 0 amide bonds. The van der Waals surface area contributed by atoms with E-state index in [1.165, 1.54) is 45.1 Å². The van der Waals surface area contributed by atoms with Gasteiger partial charge in [-0.2, -0.15) is 0 Å². The average molecular weight is 307 g/mol. The summed E-state index contributed by atoms with van der Waals surface area (Å²) < 4.78 is 0. The standard InChI is InChI=1S/C19H33NO2/c1-18-9-10-20(11-12-21)16(18)5-3-13-14-4-6-17(22)19(14,2)8-7-15(13)18/h13-17,21-22H,3-12H2,1-2H3/t13-,14+,15-,16+,17+,18-,19+/m1/s1. The molecule has 3 nitrogen and oxygen atoms in total. The number of likely N-dealkylation sites (tertiary alicyclic amines) is 1. The van der Waals surface area contributed by atoms with Gasteiger partial charge in [0, 0.05) is 12.6 Å². The number of aliphatic hydroxyl groups excluding tert-OH is 2. The molecule has 0 aromatic heterocycles. The zero-order valence-electron chi connectivity index (χ0n) is 14.3. The summed E-state index contributed by atoms with van der Waals surface area (Å²) in [5.74, 6) is 2.44. The topological polar surface area (TPSA) is 43.7 Å². The third kappa shape index (κ3) is 1.91. The van der Waals surface area contributed by atoms with Crippen molar-refractivity contribution in [2.24, 2.45) is 28.6 Å². The van der Waals surface area contributed by atoms with Crippen LogP contribution < -0.4 is 0 Å². The summed E-state index contributed by atoms with van der Waals surface area (Å²) in [5.41, 5.74) is 0.653. The summed E-state index contributed by atoms with van der Waals surface area (Å²) >= 11 is 0. The molecule has 3 heteroatoms. The Morgan fingerprint density at radius 3 is 2.50 bits per heavy atom. The van der Waals surface area contributed by atoms with E-state index in [0.29, 0.717) is 18.1 Å². The van der Waals surface area contributed by atoms with E-state index in [-0.39, 0.29) is 11.5 Å². The Morgan fingerprint density at radius 2 is 1.73 bits per heavy atom. The zero-order chi connectivity index (χ0) is 15.5. The average Bonchev–Trinajstić information content (AvgIpc) is 2.98. The number of hydrogen-bond donors (Lipinski definition) is 2. The fourth-order valence-electron chi connectivity index (χ4n) is 7.30. The van der Waals surface area contributed by atoms with Gasteiger partial charge in [-0.25, -0.2) is 0 Å². The first-order valence-corrected chi connectivity index (χ1v) is 9.53. The third-order valence-electron chi connectivity index (χ3n) is 8.53. The van der Waals surface area contributed by atoms with Gasteiger partial charge in [-0.15, -0.1) is 0 Å². The number of fused-ring (bicyclic) bond motifs is 5. The maximum absolute atomic E-state index is 10.5. The van der Waals surface area contributed by atoms with E-state index in [0.717, 1.165) is 30.7 Å². The van der Waals surface area contributed by atoms with E-state index in [4.69, 9.17) is 0 Å². The number of hydrogen-bond acceptors (Lipinski definition) is 3. The van der Waals surface area contributed by atoms with Crippen LogP contribution in [0.4, 0.5) is 0 Å². The van der Waals surface area contributed by atoms with Crippen LogP contribution >= 0.6 is 0 Å². The van der Waals surface area contributed by atoms with Crippen LogP contribution in [0.5, 0.6) is 0 Å². The van der Waals surface area contributed by atoms with Crippen molar-refractivity contribution in [3.05, 3.63) is 0 Å². The SMILES string of the molecule is C[C@]12CCN(CCO)[C@H]1CC[C@H]1[C@H]2CC[C@]2(C)[C@@H](O)CC[C@@H]12. The molecular formula is C19H33NO2. The number of rotatable bonds is 2. The van der Waals surface area contributed by atoms with E-state index >= 15 is 0 Å². The van der Waals surface area contributed by atoms with Crippen molar-refractivity contribution >= 4 is 0 Å². The largest absolute Gasteiger partial charge is 0.395 e. The van der Waals surface area contributed by atoms with Gasteiger partial charge in [0.1, 0.15) is 0 Å². The summed E-state index contributed by atoms with van der Waals surface area (Å²) in [7, 11) is 0. The fourth-order valence-corrected chi connectivity index (χ4v) is 7.30. The van der Waals surface area contributed by atoms with Crippen LogP contribution in [0.15, 0.2) is 0 Å². The fraction of sp³-hybridized carbons (Fsp3) is 1.00. The smallest absolute Gasteiger partial charge is 0.0596 e. The second kappa shape index (κ2) is 5.19. The molecule has 126 valence electrons. The van der Waals surface area contributed by atoms with Crippen molar-refractivity contribution in [3.63, 3.8) is 0 Å². The van der Waals surface area contributed by atoms with Gasteiger partial charge in [0.2, 0.25) is 0 Å². The van der Waals surface area contributed by atoms with Gasteiger partial charge < -0.3 is 10.2 Å². The predicted octanol–water partition coefficient (Wildman–Crippen LogP) is 2.66. The van der Waals surface area contributed by atoms with Crippen molar-refractivity contribution in [3.8, 4) is 0 Å². The number of β-amino-alcohol motifs (C(OH)–C–C–N with tert-alkyl or cyclic N) is 1. The molecule has 4 aliphatic rings. The molecule has 0 spiro atoms. The summed E-state index contributed by atoms with van der Waals surface area (Å²) in [5, 5.41) is 19.9. The van der Waals surface area contributed by atoms with Gasteiger partial charge in [0.05, 0.1) is 12.7 Å². The monoisotopic (exact) mass is 307 g/mol. The first-order chi connectivity index (χ1) is 10.5. The summed E-state index contributed by atoms with van der Waals surface area (Å²) in [6, 6.07) is 0.691. The van der Waals surface area contributed by atoms with Gasteiger partial charge in [0.15, 0.2) is 0 Å². The van der Waals surface area contributed by atoms with Crippen LogP contribution in [0.3, 0.4) is 0 Å². The third-order valence-corrected chi connectivity index (χ3v) is 8.53. The number of nitrogens with zero attached hydrogens (tertiary/aromatic N) is 1. The Labute approximate surface area is 135 Å². The molecule has 4 fully saturated rings. The lowest BCUT2D eigenvalue weighted by atomic mass is 9.49. The van der Waals surface area contributed by atoms with Gasteiger partial charge in [-0.05, 0) is 80.1 Å². The Morgan fingerprint density at radius 1 is 0.955 bits per heavy atom. The van der Waals surface area contributed by atoms with Crippen LogP contribution in [-0.2, 0) is 0 Å². The minimum absolute atomic E-state index is 0.0570. The summed E-state index contributed by atoms with van der Waals surface area (Å²) in [6.07, 6.45) is 8.72. The molecule has 1 aliphatic heterocycles. The molecule has 0 aromatic carbocycles. The molecule has 3 aliphatic carbocycles. The highest BCUT2D eigenvalue weighted by molar-refractivity contribution is 5.11. The van der Waals surface area contributed by atoms with Crippen molar-refractivity contribution in [1.82, 2.24) is 4.90 Å². The van der Waals surface area contributed by atoms with Crippen molar-refractivity contribution in [2.75, 3.05) is 19.7 Å². The predicted molar refractivity (Wildman–Crippen MR) is 87.5 cm³/mol. The summed E-state index contributed by atoms with van der Waals surface area (Å²) in [4.78, 5) is 2.56. The van der Waals surface area contributed by atoms with Crippen molar-refractivity contribution in [1.29, 1.82) is 0 Å². The van der Waals surface area contributed by atoms with Gasteiger partial charge in [-0.3, -0.25) is 4.90 Å². The summed E-state index contributed by atoms with van der Waals surface area (Å²) in [6.45, 7) is 7.24. The Bertz CT molecular complexity index is 441. The first kappa shape index (κ1) is 15.4. The maximum atomic E-state index is 10.5. The number of aliphatic hydroxyl groups is 2. The minimum Gasteiger partial charge on any atom is -0.395 e. The highest BCUT2D eigenvalue weighted by Gasteiger charge is 2.61. The molecule has 4 rings (SSSR count). The molecule has 3 saturated carbocycles. The van der Waals surface area contributed by atoms with Gasteiger partial charge in [-0.1, -0.05) is 13.8 Å². The Balaban J connectivity index is 1.60. The highest BCUT2D eigenvalue weighted by Crippen LogP contribution is 2.64. The zero-order valence-corrected chi connectivity index (χ0v) is 14.3. The molecule has 2 N–H and O–H groups in total. The van der Waals surface area contributed by atoms with Crippen LogP contribution in [0.1, 0.15) is 58.8 Å². The van der Waals surface area contributed by atoms with Crippen LogP contribution in [0.2, 0.25) is 0 Å². The lowest BCUT2D eigenvalue weighted by Gasteiger charge is -2.57. The van der Waals surface area contributed by atoms with Crippen LogP contribution in [0, 0.1) is 28.6 Å². The normalized spacial score (nSPS) is 54.8. The van der Waals surface area contributed by atoms with E-state index in [1.54, 1.807) is 0 Å². The molecule has 0 aromatic rings. The first-order valence-electron chi connectivity index (χ1n) is 9.53. The molecule has 22 heavy (non-hydrogen) atoms.